The summed E-state index contributed by atoms with van der Waals surface area (Å²) >= 11 is 0. The first-order valence-corrected chi connectivity index (χ1v) is 6.50. The molecule has 0 amide bonds. The van der Waals surface area contributed by atoms with Crippen LogP contribution in [0.3, 0.4) is 0 Å². The van der Waals surface area contributed by atoms with Crippen LogP contribution < -0.4 is 0 Å². The fourth-order valence-electron chi connectivity index (χ4n) is 1.64. The van der Waals surface area contributed by atoms with E-state index in [1.165, 1.54) is 6.07 Å². The van der Waals surface area contributed by atoms with Crippen molar-refractivity contribution < 1.29 is 27.0 Å². The van der Waals surface area contributed by atoms with Crippen molar-refractivity contribution in [2.75, 3.05) is 0 Å². The van der Waals surface area contributed by atoms with Crippen LogP contribution in [0.15, 0.2) is 24.3 Å². The number of Topliss-reactive ketones (excluding diaryl/α,β-unsaturated/α-hetero) is 1. The second kappa shape index (κ2) is 10.5. The molecule has 1 aromatic carbocycles. The fraction of sp³-hybridized carbons (Fsp3) is 0. The Morgan fingerprint density at radius 1 is 0.864 bits per heavy atom. The molecule has 2 aliphatic carbocycles. The summed E-state index contributed by atoms with van der Waals surface area (Å²) in [6, 6.07) is 6.38. The summed E-state index contributed by atoms with van der Waals surface area (Å²) in [5.74, 6) is 5.61. The summed E-state index contributed by atoms with van der Waals surface area (Å²) in [6.07, 6.45) is 17.4. The van der Waals surface area contributed by atoms with Crippen molar-refractivity contribution in [2.45, 2.75) is 0 Å². The molecule has 3 rings (SSSR count). The predicted molar refractivity (Wildman–Crippen MR) is 82.2 cm³/mol. The Morgan fingerprint density at radius 2 is 1.41 bits per heavy atom. The smallest absolute Gasteiger partial charge is 0.507 e. The van der Waals surface area contributed by atoms with Crippen LogP contribution in [0.4, 0.5) is 0 Å². The Hall–Kier alpha value is -1.23. The quantitative estimate of drug-likeness (QED) is 0.372. The van der Waals surface area contributed by atoms with E-state index in [1.807, 2.05) is 57.8 Å². The number of ketones is 1. The van der Waals surface area contributed by atoms with Crippen LogP contribution in [0, 0.1) is 75.5 Å². The van der Waals surface area contributed by atoms with Crippen LogP contribution in [0.1, 0.15) is 10.4 Å². The first-order valence-electron chi connectivity index (χ1n) is 6.50. The molecule has 2 nitrogen and oxygen atoms in total. The topological polar surface area (TPSA) is 37.3 Å². The molecule has 2 aliphatic rings. The van der Waals surface area contributed by atoms with E-state index in [4.69, 9.17) is 0 Å². The first-order chi connectivity index (χ1) is 10.3. The molecule has 1 aromatic rings. The van der Waals surface area contributed by atoms with E-state index < -0.39 is 0 Å². The molecule has 0 saturated heterocycles. The van der Waals surface area contributed by atoms with Crippen LogP contribution in [0.5, 0.6) is 5.75 Å². The van der Waals surface area contributed by atoms with Gasteiger partial charge in [-0.25, -0.2) is 0 Å². The van der Waals surface area contributed by atoms with Crippen LogP contribution in [-0.2, 0) is 17.1 Å². The van der Waals surface area contributed by atoms with Crippen LogP contribution >= 0.6 is 0 Å². The zero-order chi connectivity index (χ0) is 14.9. The Labute approximate surface area is 144 Å². The maximum absolute atomic E-state index is 11.6. The number of carbonyl (C=O) groups is 1. The summed E-state index contributed by atoms with van der Waals surface area (Å²) in [7, 11) is 0. The number of carbonyl (C=O) groups excluding carboxylic acids is 1. The minimum atomic E-state index is -0.376. The number of rotatable bonds is 1. The fourth-order valence-corrected chi connectivity index (χ4v) is 1.64. The van der Waals surface area contributed by atoms with E-state index in [0.29, 0.717) is 0 Å². The van der Waals surface area contributed by atoms with Gasteiger partial charge in [0.2, 0.25) is 5.78 Å². The molecule has 0 unspecified atom stereocenters. The zero-order valence-corrected chi connectivity index (χ0v) is 12.8. The van der Waals surface area contributed by atoms with Gasteiger partial charge in [0.25, 0.3) is 0 Å². The number of phenols is 1. The van der Waals surface area contributed by atoms with Crippen molar-refractivity contribution in [2.24, 2.45) is 0 Å². The maximum Gasteiger partial charge on any atom is 2.00 e. The molecule has 0 heterocycles. The van der Waals surface area contributed by atoms with Gasteiger partial charge in [0, 0.05) is 0 Å². The molecule has 0 bridgehead atoms. The minimum absolute atomic E-state index is 0. The average Bonchev–Trinajstić information content (AvgIpc) is 3.21. The van der Waals surface area contributed by atoms with Crippen molar-refractivity contribution in [3.63, 3.8) is 0 Å². The third-order valence-corrected chi connectivity index (χ3v) is 2.69. The number of hydrogen-bond donors (Lipinski definition) is 1. The van der Waals surface area contributed by atoms with Crippen LogP contribution in [0.2, 0.25) is 0 Å². The van der Waals surface area contributed by atoms with Gasteiger partial charge >= 0.3 is 17.1 Å². The molecule has 0 aromatic heterocycles. The van der Waals surface area contributed by atoms with Gasteiger partial charge < -0.3 is 5.11 Å². The molecule has 0 atom stereocenters. The van der Waals surface area contributed by atoms with Crippen molar-refractivity contribution in [3.8, 4) is 17.6 Å². The first kappa shape index (κ1) is 18.8. The summed E-state index contributed by atoms with van der Waals surface area (Å²) in [5, 5.41) is 9.45. The average molecular weight is 330 g/mol. The Kier molecular flexibility index (Phi) is 8.97. The molecule has 1 N–H and O–H groups in total. The van der Waals surface area contributed by atoms with Crippen molar-refractivity contribution in [1.82, 2.24) is 0 Å². The summed E-state index contributed by atoms with van der Waals surface area (Å²) < 4.78 is 0. The summed E-state index contributed by atoms with van der Waals surface area (Å²) in [6.45, 7) is 0. The third kappa shape index (κ3) is 6.26. The monoisotopic (exact) mass is 330 g/mol. The minimum Gasteiger partial charge on any atom is -0.507 e. The SMILES string of the molecule is O=C(C#C[C]1[CH][CH][CH][CH]1)c1ccccc1O.[CH]1[CH][CH][CH][CH]1.[Fe+2]. The molecule has 0 spiro atoms. The van der Waals surface area contributed by atoms with Crippen molar-refractivity contribution in [3.05, 3.63) is 93.5 Å². The molecule has 2 fully saturated rings. The number of phenolic OH excluding ortho intramolecular Hbond substituents is 1. The zero-order valence-electron chi connectivity index (χ0n) is 11.7. The van der Waals surface area contributed by atoms with E-state index in [2.05, 4.69) is 11.8 Å². The molecule has 0 aliphatic heterocycles. The molecular formula is C19H14FeO2+2. The normalized spacial score (nSPS) is 16.7. The molecule has 3 heteroatoms. The van der Waals surface area contributed by atoms with Crippen LogP contribution in [-0.4, -0.2) is 10.9 Å². The molecule has 108 valence electrons. The van der Waals surface area contributed by atoms with Gasteiger partial charge in [-0.2, -0.15) is 0 Å². The van der Waals surface area contributed by atoms with E-state index in [-0.39, 0.29) is 34.2 Å². The second-order valence-electron chi connectivity index (χ2n) is 4.23. The van der Waals surface area contributed by atoms with Crippen molar-refractivity contribution >= 4 is 5.78 Å². The predicted octanol–water partition coefficient (Wildman–Crippen LogP) is 3.00. The van der Waals surface area contributed by atoms with Gasteiger partial charge in [0.05, 0.1) is 11.5 Å². The van der Waals surface area contributed by atoms with Gasteiger partial charge in [-0.05, 0) is 75.8 Å². The molecular weight excluding hydrogens is 316 g/mol. The summed E-state index contributed by atoms with van der Waals surface area (Å²) in [4.78, 5) is 11.6. The number of hydrogen-bond acceptors (Lipinski definition) is 2. The summed E-state index contributed by atoms with van der Waals surface area (Å²) in [5.41, 5.74) is 0.238. The second-order valence-corrected chi connectivity index (χ2v) is 4.23. The maximum atomic E-state index is 11.6. The van der Waals surface area contributed by atoms with E-state index in [9.17, 15) is 9.90 Å². The van der Waals surface area contributed by atoms with Gasteiger partial charge in [0.1, 0.15) is 5.75 Å². The Morgan fingerprint density at radius 3 is 1.95 bits per heavy atom. The van der Waals surface area contributed by atoms with E-state index in [1.54, 1.807) is 18.2 Å². The standard InChI is InChI=1S/C14H9O2.C5H5.Fe/c15-13-8-4-3-7-12(13)14(16)10-9-11-5-1-2-6-11;1-2-4-5-3-1;/h1-8,15H;1-5H;/q;;+2. The van der Waals surface area contributed by atoms with E-state index in [0.717, 1.165) is 5.92 Å². The van der Waals surface area contributed by atoms with Gasteiger partial charge in [-0.1, -0.05) is 18.1 Å². The molecule has 2 saturated carbocycles. The molecule has 22 heavy (non-hydrogen) atoms. The number of benzene rings is 1. The molecule has 10 radical (unpaired) electrons. The Balaban J connectivity index is 0.000000344. The van der Waals surface area contributed by atoms with E-state index >= 15 is 0 Å². The van der Waals surface area contributed by atoms with Crippen LogP contribution in [0.25, 0.3) is 0 Å². The third-order valence-electron chi connectivity index (χ3n) is 2.69. The number of para-hydroxylation sites is 1. The van der Waals surface area contributed by atoms with Gasteiger partial charge in [0.15, 0.2) is 0 Å². The van der Waals surface area contributed by atoms with Gasteiger partial charge in [-0.3, -0.25) is 4.79 Å². The largest absolute Gasteiger partial charge is 2.00 e. The van der Waals surface area contributed by atoms with Crippen molar-refractivity contribution in [1.29, 1.82) is 0 Å². The van der Waals surface area contributed by atoms with Gasteiger partial charge in [-0.15, -0.1) is 0 Å². The number of aromatic hydroxyl groups is 1. The Bertz CT molecular complexity index is 510.